The second kappa shape index (κ2) is 5.80. The van der Waals surface area contributed by atoms with Gasteiger partial charge in [0.15, 0.2) is 0 Å². The standard InChI is InChI=1S/C12H22N4/c1-12(2,3)6-8-15-10-5-7-14-11(16-10)9-13-4/h5,7,13H,6,8-9H2,1-4H3,(H,14,15,16). The molecule has 4 heteroatoms. The van der Waals surface area contributed by atoms with Crippen LogP contribution in [0.25, 0.3) is 0 Å². The van der Waals surface area contributed by atoms with Gasteiger partial charge in [-0.15, -0.1) is 0 Å². The van der Waals surface area contributed by atoms with E-state index in [2.05, 4.69) is 41.4 Å². The zero-order valence-corrected chi connectivity index (χ0v) is 10.7. The van der Waals surface area contributed by atoms with E-state index in [1.54, 1.807) is 6.20 Å². The van der Waals surface area contributed by atoms with Gasteiger partial charge >= 0.3 is 0 Å². The van der Waals surface area contributed by atoms with Crippen molar-refractivity contribution in [3.63, 3.8) is 0 Å². The summed E-state index contributed by atoms with van der Waals surface area (Å²) in [6, 6.07) is 1.90. The maximum absolute atomic E-state index is 4.40. The van der Waals surface area contributed by atoms with E-state index in [1.807, 2.05) is 13.1 Å². The molecular formula is C12H22N4. The van der Waals surface area contributed by atoms with Crippen LogP contribution in [0.4, 0.5) is 5.82 Å². The molecule has 0 spiro atoms. The van der Waals surface area contributed by atoms with Gasteiger partial charge in [-0.3, -0.25) is 0 Å². The van der Waals surface area contributed by atoms with Gasteiger partial charge in [0, 0.05) is 12.7 Å². The monoisotopic (exact) mass is 222 g/mol. The number of hydrogen-bond acceptors (Lipinski definition) is 4. The minimum atomic E-state index is 0.355. The fraction of sp³-hybridized carbons (Fsp3) is 0.667. The van der Waals surface area contributed by atoms with Crippen molar-refractivity contribution in [2.75, 3.05) is 18.9 Å². The second-order valence-electron chi connectivity index (χ2n) is 5.13. The van der Waals surface area contributed by atoms with Crippen LogP contribution in [0.3, 0.4) is 0 Å². The van der Waals surface area contributed by atoms with Crippen LogP contribution in [-0.2, 0) is 6.54 Å². The summed E-state index contributed by atoms with van der Waals surface area (Å²) in [5, 5.41) is 6.36. The molecule has 1 rings (SSSR count). The van der Waals surface area contributed by atoms with Crippen molar-refractivity contribution in [1.82, 2.24) is 15.3 Å². The Kier molecular flexibility index (Phi) is 4.68. The average Bonchev–Trinajstić information content (AvgIpc) is 2.17. The predicted octanol–water partition coefficient (Wildman–Crippen LogP) is 2.04. The van der Waals surface area contributed by atoms with Crippen LogP contribution in [0.2, 0.25) is 0 Å². The molecule has 0 saturated heterocycles. The van der Waals surface area contributed by atoms with Crippen LogP contribution in [-0.4, -0.2) is 23.6 Å². The van der Waals surface area contributed by atoms with Crippen molar-refractivity contribution in [2.45, 2.75) is 33.7 Å². The van der Waals surface area contributed by atoms with Crippen molar-refractivity contribution >= 4 is 5.82 Å². The molecule has 1 aromatic rings. The lowest BCUT2D eigenvalue weighted by Gasteiger charge is -2.18. The zero-order valence-electron chi connectivity index (χ0n) is 10.7. The van der Waals surface area contributed by atoms with E-state index in [9.17, 15) is 0 Å². The van der Waals surface area contributed by atoms with E-state index >= 15 is 0 Å². The van der Waals surface area contributed by atoms with Gasteiger partial charge in [-0.05, 0) is 24.9 Å². The maximum Gasteiger partial charge on any atom is 0.144 e. The van der Waals surface area contributed by atoms with E-state index in [4.69, 9.17) is 0 Å². The van der Waals surface area contributed by atoms with Crippen molar-refractivity contribution in [3.8, 4) is 0 Å². The molecule has 16 heavy (non-hydrogen) atoms. The first-order valence-electron chi connectivity index (χ1n) is 5.72. The molecule has 0 aliphatic heterocycles. The van der Waals surface area contributed by atoms with E-state index < -0.39 is 0 Å². The molecule has 1 aromatic heterocycles. The zero-order chi connectivity index (χ0) is 12.0. The molecular weight excluding hydrogens is 200 g/mol. The number of nitrogens with zero attached hydrogens (tertiary/aromatic N) is 2. The third-order valence-corrected chi connectivity index (χ3v) is 2.22. The molecule has 0 radical (unpaired) electrons. The summed E-state index contributed by atoms with van der Waals surface area (Å²) in [6.45, 7) is 8.36. The minimum Gasteiger partial charge on any atom is -0.370 e. The molecule has 0 atom stereocenters. The topological polar surface area (TPSA) is 49.8 Å². The minimum absolute atomic E-state index is 0.355. The highest BCUT2D eigenvalue weighted by Gasteiger charge is 2.09. The number of nitrogens with one attached hydrogen (secondary N) is 2. The van der Waals surface area contributed by atoms with Crippen molar-refractivity contribution < 1.29 is 0 Å². The van der Waals surface area contributed by atoms with Gasteiger partial charge in [-0.1, -0.05) is 20.8 Å². The number of hydrogen-bond donors (Lipinski definition) is 2. The summed E-state index contributed by atoms with van der Waals surface area (Å²) in [5.41, 5.74) is 0.355. The molecule has 0 fully saturated rings. The maximum atomic E-state index is 4.40. The van der Waals surface area contributed by atoms with Crippen LogP contribution in [0.1, 0.15) is 33.0 Å². The van der Waals surface area contributed by atoms with Gasteiger partial charge in [0.25, 0.3) is 0 Å². The van der Waals surface area contributed by atoms with Gasteiger partial charge in [0.1, 0.15) is 11.6 Å². The molecule has 0 aliphatic rings. The van der Waals surface area contributed by atoms with Gasteiger partial charge in [-0.2, -0.15) is 0 Å². The Hall–Kier alpha value is -1.16. The van der Waals surface area contributed by atoms with Crippen molar-refractivity contribution in [3.05, 3.63) is 18.1 Å². The molecule has 4 nitrogen and oxygen atoms in total. The summed E-state index contributed by atoms with van der Waals surface area (Å²) < 4.78 is 0. The molecule has 0 saturated carbocycles. The Morgan fingerprint density at radius 2 is 2.06 bits per heavy atom. The third kappa shape index (κ3) is 5.07. The second-order valence-corrected chi connectivity index (χ2v) is 5.13. The largest absolute Gasteiger partial charge is 0.370 e. The van der Waals surface area contributed by atoms with Crippen LogP contribution in [0.5, 0.6) is 0 Å². The Morgan fingerprint density at radius 1 is 1.31 bits per heavy atom. The molecule has 0 unspecified atom stereocenters. The molecule has 0 aromatic carbocycles. The van der Waals surface area contributed by atoms with Gasteiger partial charge in [0.05, 0.1) is 6.54 Å². The molecule has 0 bridgehead atoms. The smallest absolute Gasteiger partial charge is 0.144 e. The highest BCUT2D eigenvalue weighted by atomic mass is 15.0. The van der Waals surface area contributed by atoms with E-state index in [1.165, 1.54) is 0 Å². The average molecular weight is 222 g/mol. The van der Waals surface area contributed by atoms with Gasteiger partial charge < -0.3 is 10.6 Å². The summed E-state index contributed by atoms with van der Waals surface area (Å²) in [5.74, 6) is 1.73. The van der Waals surface area contributed by atoms with E-state index in [-0.39, 0.29) is 0 Å². The van der Waals surface area contributed by atoms with Crippen LogP contribution in [0, 0.1) is 5.41 Å². The lowest BCUT2D eigenvalue weighted by molar-refractivity contribution is 0.389. The molecule has 0 amide bonds. The van der Waals surface area contributed by atoms with E-state index in [0.29, 0.717) is 12.0 Å². The van der Waals surface area contributed by atoms with Crippen LogP contribution in [0.15, 0.2) is 12.3 Å². The predicted molar refractivity (Wildman–Crippen MR) is 67.4 cm³/mol. The summed E-state index contributed by atoms with van der Waals surface area (Å²) >= 11 is 0. The molecule has 90 valence electrons. The van der Waals surface area contributed by atoms with E-state index in [0.717, 1.165) is 24.6 Å². The Morgan fingerprint density at radius 3 is 2.69 bits per heavy atom. The fourth-order valence-electron chi connectivity index (χ4n) is 1.31. The van der Waals surface area contributed by atoms with Crippen LogP contribution >= 0.6 is 0 Å². The highest BCUT2D eigenvalue weighted by Crippen LogP contribution is 2.18. The SMILES string of the molecule is CNCc1nccc(NCCC(C)(C)C)n1. The fourth-order valence-corrected chi connectivity index (χ4v) is 1.31. The first-order chi connectivity index (χ1) is 7.51. The summed E-state index contributed by atoms with van der Waals surface area (Å²) in [4.78, 5) is 8.57. The third-order valence-electron chi connectivity index (χ3n) is 2.22. The first-order valence-corrected chi connectivity index (χ1v) is 5.72. The number of rotatable bonds is 5. The molecule has 0 aliphatic carbocycles. The lowest BCUT2D eigenvalue weighted by Crippen LogP contribution is -2.15. The first kappa shape index (κ1) is 12.9. The van der Waals surface area contributed by atoms with Crippen LogP contribution < -0.4 is 10.6 Å². The summed E-state index contributed by atoms with van der Waals surface area (Å²) in [7, 11) is 1.89. The van der Waals surface area contributed by atoms with Gasteiger partial charge in [-0.25, -0.2) is 9.97 Å². The highest BCUT2D eigenvalue weighted by molar-refractivity contribution is 5.32. The Balaban J connectivity index is 2.44. The number of aromatic nitrogens is 2. The quantitative estimate of drug-likeness (QED) is 0.800. The Labute approximate surface area is 97.9 Å². The lowest BCUT2D eigenvalue weighted by atomic mass is 9.92. The van der Waals surface area contributed by atoms with Crippen molar-refractivity contribution in [2.24, 2.45) is 5.41 Å². The van der Waals surface area contributed by atoms with Crippen molar-refractivity contribution in [1.29, 1.82) is 0 Å². The summed E-state index contributed by atoms with van der Waals surface area (Å²) in [6.07, 6.45) is 2.91. The number of anilines is 1. The normalized spacial score (nSPS) is 11.5. The van der Waals surface area contributed by atoms with Gasteiger partial charge in [0.2, 0.25) is 0 Å². The molecule has 1 heterocycles. The molecule has 2 N–H and O–H groups in total. The Bertz CT molecular complexity index is 317.